The summed E-state index contributed by atoms with van der Waals surface area (Å²) in [4.78, 5) is 19.6. The molecule has 0 unspecified atom stereocenters. The number of fused-ring (bicyclic) bond motifs is 1. The van der Waals surface area contributed by atoms with Crippen molar-refractivity contribution >= 4 is 28.3 Å². The summed E-state index contributed by atoms with van der Waals surface area (Å²) in [7, 11) is 0. The molecule has 1 aromatic carbocycles. The molecule has 3 aromatic rings. The van der Waals surface area contributed by atoms with Crippen LogP contribution in [0.25, 0.3) is 16.6 Å². The van der Waals surface area contributed by atoms with E-state index in [-0.39, 0.29) is 5.91 Å². The standard InChI is InChI=1S/C25H23N5O2/c1-18(31)27-12-5-6-13-30-15-22(23-24(26)28-17-29-25(23)30)20-10-7-11-21(14-20)32-16-19-8-3-2-4-9-19/h2-6,8-10,14-15,17H,12-13,16H2,1H3,(H,27,31)(H2,26,28,29)/b6-5+. The number of ether oxygens (including phenoxy) is 1. The fourth-order valence-electron chi connectivity index (χ4n) is 3.35. The van der Waals surface area contributed by atoms with Gasteiger partial charge in [0, 0.05) is 31.8 Å². The first-order valence-corrected chi connectivity index (χ1v) is 10.2. The summed E-state index contributed by atoms with van der Waals surface area (Å²) >= 11 is 0. The topological polar surface area (TPSA) is 95.1 Å². The van der Waals surface area contributed by atoms with Crippen molar-refractivity contribution in [2.75, 3.05) is 12.3 Å². The van der Waals surface area contributed by atoms with Crippen molar-refractivity contribution in [2.45, 2.75) is 20.1 Å². The Bertz CT molecular complexity index is 1300. The second kappa shape index (κ2) is 9.67. The Hall–Kier alpha value is -4.31. The highest BCUT2D eigenvalue weighted by molar-refractivity contribution is 6.00. The van der Waals surface area contributed by atoms with Crippen LogP contribution in [-0.4, -0.2) is 27.0 Å². The van der Waals surface area contributed by atoms with Crippen LogP contribution in [0.4, 0.5) is 5.82 Å². The maximum Gasteiger partial charge on any atom is 0.217 e. The number of carbonyl (C=O) groups excluding carboxylic acids is 1. The molecule has 0 radical (unpaired) electrons. The number of hydrogen-bond acceptors (Lipinski definition) is 5. The van der Waals surface area contributed by atoms with Gasteiger partial charge in [-0.25, -0.2) is 9.97 Å². The predicted octanol–water partition coefficient (Wildman–Crippen LogP) is 3.51. The van der Waals surface area contributed by atoms with Crippen LogP contribution in [0.5, 0.6) is 0 Å². The van der Waals surface area contributed by atoms with Crippen LogP contribution in [0.3, 0.4) is 0 Å². The van der Waals surface area contributed by atoms with Crippen LogP contribution in [0, 0.1) is 0 Å². The lowest BCUT2D eigenvalue weighted by atomic mass is 10.0. The predicted molar refractivity (Wildman–Crippen MR) is 124 cm³/mol. The summed E-state index contributed by atoms with van der Waals surface area (Å²) in [5, 5.41) is 3.51. The van der Waals surface area contributed by atoms with E-state index < -0.39 is 0 Å². The number of nitrogen functional groups attached to an aromatic ring is 1. The molecule has 0 saturated carbocycles. The Balaban J connectivity index is 1.58. The van der Waals surface area contributed by atoms with E-state index >= 15 is 0 Å². The van der Waals surface area contributed by atoms with E-state index in [4.69, 9.17) is 10.5 Å². The number of anilines is 1. The molecule has 0 spiro atoms. The largest absolute Gasteiger partial charge is 0.481 e. The Kier molecular flexibility index (Phi) is 6.33. The third-order valence-electron chi connectivity index (χ3n) is 4.88. The van der Waals surface area contributed by atoms with Crippen LogP contribution in [0.2, 0.25) is 0 Å². The van der Waals surface area contributed by atoms with Crippen molar-refractivity contribution in [1.29, 1.82) is 0 Å². The number of benzene rings is 1. The quantitative estimate of drug-likeness (QED) is 0.425. The van der Waals surface area contributed by atoms with Crippen LogP contribution in [-0.2, 0) is 22.7 Å². The molecule has 4 rings (SSSR count). The highest BCUT2D eigenvalue weighted by Crippen LogP contribution is 2.31. The van der Waals surface area contributed by atoms with Crippen molar-refractivity contribution in [1.82, 2.24) is 19.9 Å². The maximum atomic E-state index is 11.0. The number of aromatic nitrogens is 3. The van der Waals surface area contributed by atoms with E-state index in [9.17, 15) is 4.79 Å². The maximum absolute atomic E-state index is 11.0. The number of hydrogen-bond donors (Lipinski definition) is 2. The summed E-state index contributed by atoms with van der Waals surface area (Å²) in [5.41, 5.74) is 15.8. The van der Waals surface area contributed by atoms with E-state index in [0.29, 0.717) is 31.3 Å². The molecule has 1 amide bonds. The van der Waals surface area contributed by atoms with Gasteiger partial charge in [-0.3, -0.25) is 4.79 Å². The zero-order valence-electron chi connectivity index (χ0n) is 17.7. The number of amides is 1. The summed E-state index contributed by atoms with van der Waals surface area (Å²) in [6, 6.07) is 9.96. The van der Waals surface area contributed by atoms with Crippen molar-refractivity contribution in [3.8, 4) is 0 Å². The first-order valence-electron chi connectivity index (χ1n) is 10.2. The SMILES string of the molecule is CC(=O)NC/C=C/Cn1cc(C2=CC(OCc3ccccc3)=C=C=C2)c2c(N)ncnc21. The van der Waals surface area contributed by atoms with Gasteiger partial charge >= 0.3 is 0 Å². The van der Waals surface area contributed by atoms with Crippen molar-refractivity contribution < 1.29 is 9.53 Å². The Labute approximate surface area is 185 Å². The first kappa shape index (κ1) is 20.9. The number of nitrogens with zero attached hydrogens (tertiary/aromatic N) is 3. The summed E-state index contributed by atoms with van der Waals surface area (Å²) in [6.45, 7) is 2.99. The average Bonchev–Trinajstić information content (AvgIpc) is 3.18. The molecule has 7 nitrogen and oxygen atoms in total. The monoisotopic (exact) mass is 425 g/mol. The lowest BCUT2D eigenvalue weighted by Crippen LogP contribution is -2.19. The van der Waals surface area contributed by atoms with Crippen LogP contribution < -0.4 is 11.1 Å². The second-order valence-electron chi connectivity index (χ2n) is 7.21. The summed E-state index contributed by atoms with van der Waals surface area (Å²) in [5.74, 6) is 0.940. The minimum absolute atomic E-state index is 0.0636. The van der Waals surface area contributed by atoms with Crippen LogP contribution >= 0.6 is 0 Å². The molecule has 160 valence electrons. The van der Waals surface area contributed by atoms with Gasteiger partial charge in [-0.2, -0.15) is 0 Å². The number of allylic oxidation sites excluding steroid dienone is 4. The molecule has 0 bridgehead atoms. The van der Waals surface area contributed by atoms with Gasteiger partial charge in [-0.05, 0) is 29.0 Å². The van der Waals surface area contributed by atoms with E-state index in [0.717, 1.165) is 27.7 Å². The lowest BCUT2D eigenvalue weighted by molar-refractivity contribution is -0.118. The smallest absolute Gasteiger partial charge is 0.217 e. The average molecular weight is 425 g/mol. The van der Waals surface area contributed by atoms with Crippen molar-refractivity contribution in [2.24, 2.45) is 0 Å². The van der Waals surface area contributed by atoms with Gasteiger partial charge in [0.05, 0.1) is 5.39 Å². The molecule has 2 heterocycles. The lowest BCUT2D eigenvalue weighted by Gasteiger charge is -2.08. The molecular formula is C25H23N5O2. The van der Waals surface area contributed by atoms with Gasteiger partial charge in [0.1, 0.15) is 24.4 Å². The fraction of sp³-hybridized carbons (Fsp3) is 0.160. The Morgan fingerprint density at radius 3 is 2.91 bits per heavy atom. The zero-order valence-corrected chi connectivity index (χ0v) is 17.7. The molecule has 1 aliphatic rings. The molecule has 0 saturated heterocycles. The highest BCUT2D eigenvalue weighted by atomic mass is 16.5. The van der Waals surface area contributed by atoms with Crippen LogP contribution in [0.1, 0.15) is 18.1 Å². The summed E-state index contributed by atoms with van der Waals surface area (Å²) < 4.78 is 7.91. The van der Waals surface area contributed by atoms with Crippen molar-refractivity contribution in [3.05, 3.63) is 95.5 Å². The number of carbonyl (C=O) groups is 1. The van der Waals surface area contributed by atoms with Crippen LogP contribution in [0.15, 0.2) is 84.4 Å². The van der Waals surface area contributed by atoms with E-state index in [1.54, 1.807) is 0 Å². The highest BCUT2D eigenvalue weighted by Gasteiger charge is 2.16. The van der Waals surface area contributed by atoms with E-state index in [1.807, 2.05) is 65.4 Å². The van der Waals surface area contributed by atoms with Gasteiger partial charge in [-0.1, -0.05) is 48.2 Å². The summed E-state index contributed by atoms with van der Waals surface area (Å²) in [6.07, 6.45) is 11.1. The molecular weight excluding hydrogens is 402 g/mol. The molecule has 0 atom stereocenters. The fourth-order valence-corrected chi connectivity index (χ4v) is 3.35. The van der Waals surface area contributed by atoms with Gasteiger partial charge in [-0.15, -0.1) is 0 Å². The van der Waals surface area contributed by atoms with Gasteiger partial charge in [0.25, 0.3) is 0 Å². The number of rotatable bonds is 8. The molecule has 3 N–H and O–H groups in total. The second-order valence-corrected chi connectivity index (χ2v) is 7.21. The number of nitrogens with two attached hydrogens (primary N) is 1. The minimum Gasteiger partial charge on any atom is -0.481 e. The van der Waals surface area contributed by atoms with Crippen molar-refractivity contribution in [3.63, 3.8) is 0 Å². The molecule has 1 aliphatic carbocycles. The van der Waals surface area contributed by atoms with E-state index in [2.05, 4.69) is 26.7 Å². The van der Waals surface area contributed by atoms with Gasteiger partial charge < -0.3 is 20.4 Å². The Morgan fingerprint density at radius 1 is 1.25 bits per heavy atom. The molecule has 0 fully saturated rings. The number of nitrogens with one attached hydrogen (secondary N) is 1. The third-order valence-corrected chi connectivity index (χ3v) is 4.88. The molecule has 0 aliphatic heterocycles. The normalized spacial score (nSPS) is 12.8. The van der Waals surface area contributed by atoms with Gasteiger partial charge in [0.2, 0.25) is 5.91 Å². The molecule has 2 aromatic heterocycles. The Morgan fingerprint density at radius 2 is 2.09 bits per heavy atom. The van der Waals surface area contributed by atoms with Gasteiger partial charge in [0.15, 0.2) is 5.76 Å². The first-order chi connectivity index (χ1) is 15.6. The molecule has 32 heavy (non-hydrogen) atoms. The third kappa shape index (κ3) is 4.87. The minimum atomic E-state index is -0.0636. The zero-order chi connectivity index (χ0) is 22.3. The van der Waals surface area contributed by atoms with E-state index in [1.165, 1.54) is 13.3 Å². The molecule has 7 heteroatoms.